The Labute approximate surface area is 98.7 Å². The molecule has 0 aliphatic carbocycles. The lowest BCUT2D eigenvalue weighted by molar-refractivity contribution is -0.136. The Morgan fingerprint density at radius 1 is 1.44 bits per heavy atom. The van der Waals surface area contributed by atoms with Gasteiger partial charge in [0.2, 0.25) is 0 Å². The number of ether oxygens (including phenoxy) is 2. The van der Waals surface area contributed by atoms with Crippen molar-refractivity contribution in [2.45, 2.75) is 13.0 Å². The molecular formula is C11H13ClO4. The SMILES string of the molecule is COCc1cc(Cl)c(OC)c(CC(=O)O)c1. The standard InChI is InChI=1S/C11H13ClO4/c1-15-6-7-3-8(5-10(13)14)11(16-2)9(12)4-7/h3-4H,5-6H2,1-2H3,(H,13,14). The Hall–Kier alpha value is -1.26. The Kier molecular flexibility index (Phi) is 4.58. The third kappa shape index (κ3) is 3.12. The van der Waals surface area contributed by atoms with Crippen LogP contribution in [0.1, 0.15) is 11.1 Å². The Morgan fingerprint density at radius 2 is 2.12 bits per heavy atom. The van der Waals surface area contributed by atoms with Gasteiger partial charge in [-0.05, 0) is 17.7 Å². The summed E-state index contributed by atoms with van der Waals surface area (Å²) in [4.78, 5) is 10.7. The van der Waals surface area contributed by atoms with Gasteiger partial charge >= 0.3 is 5.97 Å². The molecule has 0 aliphatic heterocycles. The van der Waals surface area contributed by atoms with E-state index in [4.69, 9.17) is 26.2 Å². The summed E-state index contributed by atoms with van der Waals surface area (Å²) in [6.07, 6.45) is -0.125. The maximum atomic E-state index is 10.7. The lowest BCUT2D eigenvalue weighted by Crippen LogP contribution is -2.04. The molecule has 0 heterocycles. The molecule has 1 rings (SSSR count). The van der Waals surface area contributed by atoms with Crippen LogP contribution in [-0.2, 0) is 22.6 Å². The van der Waals surface area contributed by atoms with Crippen LogP contribution in [0.2, 0.25) is 5.02 Å². The van der Waals surface area contributed by atoms with Crippen LogP contribution in [0.5, 0.6) is 5.75 Å². The number of hydrogen-bond acceptors (Lipinski definition) is 3. The number of carboxylic acid groups (broad SMARTS) is 1. The normalized spacial score (nSPS) is 10.2. The molecule has 0 amide bonds. The Morgan fingerprint density at radius 3 is 2.62 bits per heavy atom. The minimum atomic E-state index is -0.927. The minimum Gasteiger partial charge on any atom is -0.495 e. The maximum absolute atomic E-state index is 10.7. The van der Waals surface area contributed by atoms with E-state index >= 15 is 0 Å². The van der Waals surface area contributed by atoms with E-state index in [0.29, 0.717) is 22.9 Å². The first-order valence-electron chi connectivity index (χ1n) is 4.64. The first kappa shape index (κ1) is 12.8. The predicted octanol–water partition coefficient (Wildman–Crippen LogP) is 2.12. The van der Waals surface area contributed by atoms with Crippen LogP contribution in [0, 0.1) is 0 Å². The summed E-state index contributed by atoms with van der Waals surface area (Å²) in [7, 11) is 3.03. The smallest absolute Gasteiger partial charge is 0.307 e. The number of aliphatic carboxylic acids is 1. The first-order chi connectivity index (χ1) is 7.58. The summed E-state index contributed by atoms with van der Waals surface area (Å²) < 4.78 is 10.0. The van der Waals surface area contributed by atoms with Gasteiger partial charge < -0.3 is 14.6 Å². The fourth-order valence-corrected chi connectivity index (χ4v) is 1.82. The highest BCUT2D eigenvalue weighted by molar-refractivity contribution is 6.32. The molecule has 0 aliphatic rings. The summed E-state index contributed by atoms with van der Waals surface area (Å²) in [5.41, 5.74) is 1.37. The highest BCUT2D eigenvalue weighted by Gasteiger charge is 2.13. The van der Waals surface area contributed by atoms with Crippen molar-refractivity contribution in [1.29, 1.82) is 0 Å². The predicted molar refractivity (Wildman–Crippen MR) is 60.1 cm³/mol. The summed E-state index contributed by atoms with van der Waals surface area (Å²) in [6.45, 7) is 0.385. The van der Waals surface area contributed by atoms with Gasteiger partial charge in [-0.1, -0.05) is 11.6 Å². The highest BCUT2D eigenvalue weighted by atomic mass is 35.5. The van der Waals surface area contributed by atoms with Crippen molar-refractivity contribution in [2.75, 3.05) is 14.2 Å². The summed E-state index contributed by atoms with van der Waals surface area (Å²) in [6, 6.07) is 3.43. The number of halogens is 1. The van der Waals surface area contributed by atoms with E-state index in [-0.39, 0.29) is 6.42 Å². The zero-order valence-electron chi connectivity index (χ0n) is 9.12. The fraction of sp³-hybridized carbons (Fsp3) is 0.364. The van der Waals surface area contributed by atoms with Gasteiger partial charge in [-0.2, -0.15) is 0 Å². The topological polar surface area (TPSA) is 55.8 Å². The van der Waals surface area contributed by atoms with Crippen molar-refractivity contribution in [1.82, 2.24) is 0 Å². The number of rotatable bonds is 5. The lowest BCUT2D eigenvalue weighted by atomic mass is 10.1. The second-order valence-electron chi connectivity index (χ2n) is 3.27. The number of hydrogen-bond donors (Lipinski definition) is 1. The third-order valence-electron chi connectivity index (χ3n) is 2.04. The van der Waals surface area contributed by atoms with Gasteiger partial charge in [-0.25, -0.2) is 0 Å². The molecule has 1 aromatic carbocycles. The van der Waals surface area contributed by atoms with Crippen molar-refractivity contribution in [2.24, 2.45) is 0 Å². The van der Waals surface area contributed by atoms with E-state index in [1.54, 1.807) is 19.2 Å². The van der Waals surface area contributed by atoms with Crippen LogP contribution in [0.3, 0.4) is 0 Å². The van der Waals surface area contributed by atoms with Gasteiger partial charge in [0, 0.05) is 12.7 Å². The average Bonchev–Trinajstić information content (AvgIpc) is 2.16. The molecule has 0 radical (unpaired) electrons. The first-order valence-corrected chi connectivity index (χ1v) is 5.02. The zero-order valence-corrected chi connectivity index (χ0v) is 9.87. The van der Waals surface area contributed by atoms with E-state index in [9.17, 15) is 4.79 Å². The molecule has 16 heavy (non-hydrogen) atoms. The molecule has 4 nitrogen and oxygen atoms in total. The van der Waals surface area contributed by atoms with Gasteiger partial charge in [-0.15, -0.1) is 0 Å². The maximum Gasteiger partial charge on any atom is 0.307 e. The molecule has 0 bridgehead atoms. The minimum absolute atomic E-state index is 0.125. The van der Waals surface area contributed by atoms with Gasteiger partial charge in [-0.3, -0.25) is 4.79 Å². The number of methoxy groups -OCH3 is 2. The fourth-order valence-electron chi connectivity index (χ4n) is 1.49. The van der Waals surface area contributed by atoms with E-state index in [1.165, 1.54) is 7.11 Å². The number of carbonyl (C=O) groups is 1. The van der Waals surface area contributed by atoms with Crippen LogP contribution in [0.15, 0.2) is 12.1 Å². The summed E-state index contributed by atoms with van der Waals surface area (Å²) in [5.74, 6) is -0.521. The highest BCUT2D eigenvalue weighted by Crippen LogP contribution is 2.30. The lowest BCUT2D eigenvalue weighted by Gasteiger charge is -2.11. The molecule has 0 unspecified atom stereocenters. The molecule has 1 aromatic rings. The van der Waals surface area contributed by atoms with Crippen molar-refractivity contribution < 1.29 is 19.4 Å². The van der Waals surface area contributed by atoms with E-state index in [1.807, 2.05) is 0 Å². The molecule has 1 N–H and O–H groups in total. The zero-order chi connectivity index (χ0) is 12.1. The molecule has 0 saturated heterocycles. The van der Waals surface area contributed by atoms with Crippen LogP contribution in [0.25, 0.3) is 0 Å². The third-order valence-corrected chi connectivity index (χ3v) is 2.32. The van der Waals surface area contributed by atoms with Crippen molar-refractivity contribution >= 4 is 17.6 Å². The average molecular weight is 245 g/mol. The molecule has 88 valence electrons. The molecule has 0 spiro atoms. The van der Waals surface area contributed by atoms with Crippen LogP contribution >= 0.6 is 11.6 Å². The molecule has 0 fully saturated rings. The molecular weight excluding hydrogens is 232 g/mol. The second-order valence-corrected chi connectivity index (χ2v) is 3.68. The Balaban J connectivity index is 3.13. The van der Waals surface area contributed by atoms with Crippen LogP contribution in [-0.4, -0.2) is 25.3 Å². The van der Waals surface area contributed by atoms with E-state index in [2.05, 4.69) is 0 Å². The second kappa shape index (κ2) is 5.72. The number of benzene rings is 1. The summed E-state index contributed by atoms with van der Waals surface area (Å²) in [5, 5.41) is 9.17. The quantitative estimate of drug-likeness (QED) is 0.862. The molecule has 0 saturated carbocycles. The van der Waals surface area contributed by atoms with Gasteiger partial charge in [0.15, 0.2) is 0 Å². The van der Waals surface area contributed by atoms with Crippen LogP contribution < -0.4 is 4.74 Å². The monoisotopic (exact) mass is 244 g/mol. The molecule has 0 aromatic heterocycles. The van der Waals surface area contributed by atoms with E-state index < -0.39 is 5.97 Å². The van der Waals surface area contributed by atoms with E-state index in [0.717, 1.165) is 5.56 Å². The van der Waals surface area contributed by atoms with Gasteiger partial charge in [0.05, 0.1) is 25.2 Å². The van der Waals surface area contributed by atoms with Crippen molar-refractivity contribution in [3.05, 3.63) is 28.3 Å². The van der Waals surface area contributed by atoms with Gasteiger partial charge in [0.1, 0.15) is 5.75 Å². The molecule has 0 atom stereocenters. The van der Waals surface area contributed by atoms with Crippen LogP contribution in [0.4, 0.5) is 0 Å². The molecule has 5 heteroatoms. The Bertz CT molecular complexity index is 390. The van der Waals surface area contributed by atoms with Gasteiger partial charge in [0.25, 0.3) is 0 Å². The van der Waals surface area contributed by atoms with Crippen molar-refractivity contribution in [3.8, 4) is 5.75 Å². The number of carboxylic acids is 1. The summed E-state index contributed by atoms with van der Waals surface area (Å²) >= 11 is 5.98. The largest absolute Gasteiger partial charge is 0.495 e. The van der Waals surface area contributed by atoms with Crippen molar-refractivity contribution in [3.63, 3.8) is 0 Å².